The van der Waals surface area contributed by atoms with E-state index in [-0.39, 0.29) is 24.0 Å². The van der Waals surface area contributed by atoms with Gasteiger partial charge < -0.3 is 14.8 Å². The minimum atomic E-state index is -0.239. The Bertz CT molecular complexity index is 766. The Balaban J connectivity index is 2.00. The first kappa shape index (κ1) is 20.3. The van der Waals surface area contributed by atoms with Crippen molar-refractivity contribution in [3.63, 3.8) is 0 Å². The Morgan fingerprint density at radius 2 is 1.81 bits per heavy atom. The van der Waals surface area contributed by atoms with Gasteiger partial charge in [-0.3, -0.25) is 4.79 Å². The maximum absolute atomic E-state index is 12.3. The molecular formula is C21H26BrNO3. The van der Waals surface area contributed by atoms with Gasteiger partial charge in [-0.25, -0.2) is 0 Å². The molecule has 0 aliphatic heterocycles. The van der Waals surface area contributed by atoms with Crippen LogP contribution in [0.1, 0.15) is 40.2 Å². The second-order valence-electron chi connectivity index (χ2n) is 7.39. The zero-order valence-electron chi connectivity index (χ0n) is 15.9. The molecule has 26 heavy (non-hydrogen) atoms. The number of hydrogen-bond donors (Lipinski definition) is 1. The van der Waals surface area contributed by atoms with Crippen LogP contribution in [0.2, 0.25) is 0 Å². The van der Waals surface area contributed by atoms with Crippen molar-refractivity contribution in [2.24, 2.45) is 0 Å². The number of para-hydroxylation sites is 2. The van der Waals surface area contributed by atoms with Gasteiger partial charge in [0.05, 0.1) is 16.3 Å². The number of rotatable bonds is 6. The fourth-order valence-electron chi connectivity index (χ4n) is 2.34. The number of halogens is 1. The molecule has 0 heterocycles. The van der Waals surface area contributed by atoms with Gasteiger partial charge in [-0.05, 0) is 65.0 Å². The third kappa shape index (κ3) is 5.77. The van der Waals surface area contributed by atoms with Crippen LogP contribution in [0.25, 0.3) is 0 Å². The molecule has 0 spiro atoms. The lowest BCUT2D eigenvalue weighted by Gasteiger charge is -2.20. The summed E-state index contributed by atoms with van der Waals surface area (Å²) >= 11 is 3.52. The van der Waals surface area contributed by atoms with Gasteiger partial charge in [0.2, 0.25) is 0 Å². The molecular weight excluding hydrogens is 394 g/mol. The zero-order valence-corrected chi connectivity index (χ0v) is 17.5. The fraction of sp³-hybridized carbons (Fsp3) is 0.381. The van der Waals surface area contributed by atoms with Gasteiger partial charge >= 0.3 is 0 Å². The summed E-state index contributed by atoms with van der Waals surface area (Å²) in [6.45, 7) is 10.3. The van der Waals surface area contributed by atoms with E-state index >= 15 is 0 Å². The van der Waals surface area contributed by atoms with Crippen molar-refractivity contribution in [2.75, 3.05) is 11.9 Å². The highest BCUT2D eigenvalue weighted by Gasteiger charge is 2.16. The molecule has 0 saturated heterocycles. The highest BCUT2D eigenvalue weighted by Crippen LogP contribution is 2.31. The molecule has 0 bridgehead atoms. The smallest absolute Gasteiger partial charge is 0.262 e. The van der Waals surface area contributed by atoms with E-state index in [4.69, 9.17) is 9.47 Å². The quantitative estimate of drug-likeness (QED) is 0.667. The van der Waals surface area contributed by atoms with Crippen molar-refractivity contribution >= 4 is 27.5 Å². The molecule has 1 amide bonds. The molecule has 0 radical (unpaired) electrons. The summed E-state index contributed by atoms with van der Waals surface area (Å²) in [7, 11) is 0. The Kier molecular flexibility index (Phi) is 6.70. The first-order valence-electron chi connectivity index (χ1n) is 8.65. The topological polar surface area (TPSA) is 47.6 Å². The standard InChI is InChI=1S/C21H26BrNO3/c1-14(2)26-19-9-7-6-8-17(19)23-20(24)13-25-18-11-10-15(12-16(18)22)21(3,4)5/h6-12,14H,13H2,1-5H3,(H,23,24). The molecule has 140 valence electrons. The highest BCUT2D eigenvalue weighted by atomic mass is 79.9. The van der Waals surface area contributed by atoms with E-state index in [1.54, 1.807) is 0 Å². The number of carbonyl (C=O) groups is 1. The van der Waals surface area contributed by atoms with Crippen LogP contribution < -0.4 is 14.8 Å². The monoisotopic (exact) mass is 419 g/mol. The summed E-state index contributed by atoms with van der Waals surface area (Å²) in [5.74, 6) is 1.04. The third-order valence-corrected chi connectivity index (χ3v) is 4.30. The van der Waals surface area contributed by atoms with Crippen molar-refractivity contribution in [3.8, 4) is 11.5 Å². The van der Waals surface area contributed by atoms with E-state index < -0.39 is 0 Å². The van der Waals surface area contributed by atoms with Crippen LogP contribution in [-0.4, -0.2) is 18.6 Å². The van der Waals surface area contributed by atoms with Crippen molar-refractivity contribution in [1.29, 1.82) is 0 Å². The van der Waals surface area contributed by atoms with Crippen LogP contribution in [0.3, 0.4) is 0 Å². The second kappa shape index (κ2) is 8.58. The van der Waals surface area contributed by atoms with Crippen LogP contribution in [0.15, 0.2) is 46.9 Å². The first-order valence-corrected chi connectivity index (χ1v) is 9.44. The number of benzene rings is 2. The van der Waals surface area contributed by atoms with E-state index in [9.17, 15) is 4.79 Å². The van der Waals surface area contributed by atoms with E-state index in [0.717, 1.165) is 4.47 Å². The van der Waals surface area contributed by atoms with Crippen molar-refractivity contribution in [1.82, 2.24) is 0 Å². The Morgan fingerprint density at radius 1 is 1.12 bits per heavy atom. The summed E-state index contributed by atoms with van der Waals surface area (Å²) in [6.07, 6.45) is 0.0292. The lowest BCUT2D eigenvalue weighted by Crippen LogP contribution is -2.21. The second-order valence-corrected chi connectivity index (χ2v) is 8.25. The number of ether oxygens (including phenoxy) is 2. The number of carbonyl (C=O) groups excluding carboxylic acids is 1. The molecule has 0 saturated carbocycles. The zero-order chi connectivity index (χ0) is 19.3. The maximum Gasteiger partial charge on any atom is 0.262 e. The molecule has 2 aromatic rings. The molecule has 0 aromatic heterocycles. The van der Waals surface area contributed by atoms with Gasteiger partial charge in [0.15, 0.2) is 6.61 Å². The maximum atomic E-state index is 12.3. The average Bonchev–Trinajstić information content (AvgIpc) is 2.54. The van der Waals surface area contributed by atoms with Crippen LogP contribution in [0.4, 0.5) is 5.69 Å². The molecule has 2 aromatic carbocycles. The normalized spacial score (nSPS) is 11.3. The molecule has 4 nitrogen and oxygen atoms in total. The van der Waals surface area contributed by atoms with Gasteiger partial charge in [-0.15, -0.1) is 0 Å². The predicted octanol–water partition coefficient (Wildman–Crippen LogP) is 5.55. The fourth-order valence-corrected chi connectivity index (χ4v) is 2.83. The van der Waals surface area contributed by atoms with E-state index in [2.05, 4.69) is 42.0 Å². The van der Waals surface area contributed by atoms with Gasteiger partial charge in [0.25, 0.3) is 5.91 Å². The Labute approximate surface area is 164 Å². The third-order valence-electron chi connectivity index (χ3n) is 3.68. The number of nitrogens with one attached hydrogen (secondary N) is 1. The predicted molar refractivity (Wildman–Crippen MR) is 109 cm³/mol. The summed E-state index contributed by atoms with van der Waals surface area (Å²) < 4.78 is 12.2. The van der Waals surface area contributed by atoms with Crippen LogP contribution >= 0.6 is 15.9 Å². The van der Waals surface area contributed by atoms with Gasteiger partial charge in [-0.2, -0.15) is 0 Å². The minimum Gasteiger partial charge on any atom is -0.489 e. The van der Waals surface area contributed by atoms with Crippen molar-refractivity contribution < 1.29 is 14.3 Å². The molecule has 2 rings (SSSR count). The summed E-state index contributed by atoms with van der Waals surface area (Å²) in [4.78, 5) is 12.3. The lowest BCUT2D eigenvalue weighted by molar-refractivity contribution is -0.118. The van der Waals surface area contributed by atoms with Crippen LogP contribution in [0.5, 0.6) is 11.5 Å². The minimum absolute atomic E-state index is 0.0292. The summed E-state index contributed by atoms with van der Waals surface area (Å²) in [6, 6.07) is 13.3. The summed E-state index contributed by atoms with van der Waals surface area (Å²) in [5.41, 5.74) is 1.89. The average molecular weight is 420 g/mol. The number of amides is 1. The Morgan fingerprint density at radius 3 is 2.42 bits per heavy atom. The molecule has 0 aliphatic rings. The molecule has 0 atom stereocenters. The molecule has 0 fully saturated rings. The van der Waals surface area contributed by atoms with E-state index in [1.165, 1.54) is 5.56 Å². The van der Waals surface area contributed by atoms with Gasteiger partial charge in [0.1, 0.15) is 11.5 Å². The van der Waals surface area contributed by atoms with Gasteiger partial charge in [-0.1, -0.05) is 39.0 Å². The molecule has 0 unspecified atom stereocenters. The van der Waals surface area contributed by atoms with Gasteiger partial charge in [0, 0.05) is 0 Å². The largest absolute Gasteiger partial charge is 0.489 e. The number of anilines is 1. The van der Waals surface area contributed by atoms with E-state index in [0.29, 0.717) is 17.2 Å². The molecule has 0 aliphatic carbocycles. The lowest BCUT2D eigenvalue weighted by atomic mass is 9.87. The van der Waals surface area contributed by atoms with Crippen LogP contribution in [0, 0.1) is 0 Å². The van der Waals surface area contributed by atoms with E-state index in [1.807, 2.05) is 56.3 Å². The number of hydrogen-bond acceptors (Lipinski definition) is 3. The molecule has 1 N–H and O–H groups in total. The molecule has 5 heteroatoms. The SMILES string of the molecule is CC(C)Oc1ccccc1NC(=O)COc1ccc(C(C)(C)C)cc1Br. The Hall–Kier alpha value is -2.01. The van der Waals surface area contributed by atoms with Crippen molar-refractivity contribution in [3.05, 3.63) is 52.5 Å². The first-order chi connectivity index (χ1) is 12.2. The highest BCUT2D eigenvalue weighted by molar-refractivity contribution is 9.10. The van der Waals surface area contributed by atoms with Crippen molar-refractivity contribution in [2.45, 2.75) is 46.1 Å². The van der Waals surface area contributed by atoms with Crippen LogP contribution in [-0.2, 0) is 10.2 Å². The summed E-state index contributed by atoms with van der Waals surface area (Å²) in [5, 5.41) is 2.84.